The summed E-state index contributed by atoms with van der Waals surface area (Å²) in [6.07, 6.45) is 3.77. The van der Waals surface area contributed by atoms with Gasteiger partial charge in [-0.25, -0.2) is 4.79 Å². The average molecular weight is 233 g/mol. The van der Waals surface area contributed by atoms with E-state index in [1.54, 1.807) is 6.07 Å². The molecule has 0 radical (unpaired) electrons. The molecule has 0 bridgehead atoms. The molecule has 1 fully saturated rings. The molecular formula is C14H19NO2. The largest absolute Gasteiger partial charge is 0.478 e. The van der Waals surface area contributed by atoms with Crippen LogP contribution in [0, 0.1) is 12.8 Å². The van der Waals surface area contributed by atoms with Crippen molar-refractivity contribution in [3.05, 3.63) is 29.3 Å². The molecule has 0 spiro atoms. The fraction of sp³-hybridized carbons (Fsp3) is 0.500. The maximum Gasteiger partial charge on any atom is 0.335 e. The van der Waals surface area contributed by atoms with Crippen molar-refractivity contribution in [1.82, 2.24) is 0 Å². The van der Waals surface area contributed by atoms with Gasteiger partial charge in [0.05, 0.1) is 5.56 Å². The molecular weight excluding hydrogens is 214 g/mol. The summed E-state index contributed by atoms with van der Waals surface area (Å²) in [7, 11) is 0. The third kappa shape index (κ3) is 2.60. The number of hydrogen-bond acceptors (Lipinski definition) is 2. The van der Waals surface area contributed by atoms with Crippen LogP contribution in [-0.2, 0) is 0 Å². The number of carboxylic acid groups (broad SMARTS) is 1. The predicted molar refractivity (Wildman–Crippen MR) is 68.6 cm³/mol. The number of rotatable bonds is 3. The number of aromatic carboxylic acids is 1. The zero-order valence-electron chi connectivity index (χ0n) is 10.4. The van der Waals surface area contributed by atoms with E-state index in [-0.39, 0.29) is 0 Å². The minimum atomic E-state index is -0.858. The van der Waals surface area contributed by atoms with Crippen molar-refractivity contribution < 1.29 is 9.90 Å². The van der Waals surface area contributed by atoms with Gasteiger partial charge in [-0.15, -0.1) is 0 Å². The van der Waals surface area contributed by atoms with Crippen LogP contribution in [-0.4, -0.2) is 17.1 Å². The van der Waals surface area contributed by atoms with Gasteiger partial charge >= 0.3 is 5.97 Å². The van der Waals surface area contributed by atoms with Crippen molar-refractivity contribution >= 4 is 11.7 Å². The molecule has 1 aliphatic rings. The van der Waals surface area contributed by atoms with Crippen LogP contribution in [0.5, 0.6) is 0 Å². The van der Waals surface area contributed by atoms with Crippen molar-refractivity contribution in [2.45, 2.75) is 39.2 Å². The zero-order chi connectivity index (χ0) is 12.4. The van der Waals surface area contributed by atoms with Crippen LogP contribution >= 0.6 is 0 Å². The Kier molecular flexibility index (Phi) is 3.36. The van der Waals surface area contributed by atoms with Crippen LogP contribution in [0.4, 0.5) is 5.69 Å². The summed E-state index contributed by atoms with van der Waals surface area (Å²) in [5.41, 5.74) is 2.23. The molecule has 0 amide bonds. The van der Waals surface area contributed by atoms with Crippen molar-refractivity contribution in [2.75, 3.05) is 5.32 Å². The van der Waals surface area contributed by atoms with E-state index < -0.39 is 5.97 Å². The van der Waals surface area contributed by atoms with Crippen molar-refractivity contribution in [3.8, 4) is 0 Å². The minimum absolute atomic E-state index is 0.384. The molecule has 2 rings (SSSR count). The first-order chi connectivity index (χ1) is 8.08. The maximum atomic E-state index is 10.9. The Morgan fingerprint density at radius 2 is 2.18 bits per heavy atom. The molecule has 3 heteroatoms. The molecule has 2 unspecified atom stereocenters. The quantitative estimate of drug-likeness (QED) is 0.842. The zero-order valence-corrected chi connectivity index (χ0v) is 10.4. The molecule has 2 N–H and O–H groups in total. The first kappa shape index (κ1) is 12.0. The van der Waals surface area contributed by atoms with Gasteiger partial charge < -0.3 is 10.4 Å². The number of nitrogens with one attached hydrogen (secondary N) is 1. The Morgan fingerprint density at radius 3 is 2.71 bits per heavy atom. The fourth-order valence-electron chi connectivity index (χ4n) is 2.57. The molecule has 0 heterocycles. The van der Waals surface area contributed by atoms with E-state index in [2.05, 4.69) is 12.2 Å². The van der Waals surface area contributed by atoms with Gasteiger partial charge in [-0.05, 0) is 49.4 Å². The van der Waals surface area contributed by atoms with Gasteiger partial charge in [0, 0.05) is 11.7 Å². The Hall–Kier alpha value is -1.51. The monoisotopic (exact) mass is 233 g/mol. The maximum absolute atomic E-state index is 10.9. The SMILES string of the molecule is Cc1cc(NC2CCCC2C)ccc1C(=O)O. The molecule has 0 aromatic heterocycles. The Balaban J connectivity index is 2.12. The van der Waals surface area contributed by atoms with Gasteiger partial charge in [0.25, 0.3) is 0 Å². The molecule has 1 aromatic carbocycles. The molecule has 1 saturated carbocycles. The van der Waals surface area contributed by atoms with Gasteiger partial charge in [0.1, 0.15) is 0 Å². The van der Waals surface area contributed by atoms with Crippen LogP contribution < -0.4 is 5.32 Å². The second kappa shape index (κ2) is 4.78. The number of aryl methyl sites for hydroxylation is 1. The third-order valence-corrected chi connectivity index (χ3v) is 3.67. The van der Waals surface area contributed by atoms with Crippen LogP contribution in [0.1, 0.15) is 42.1 Å². The first-order valence-corrected chi connectivity index (χ1v) is 6.18. The minimum Gasteiger partial charge on any atom is -0.478 e. The summed E-state index contributed by atoms with van der Waals surface area (Å²) in [5, 5.41) is 12.5. The average Bonchev–Trinajstić information content (AvgIpc) is 2.64. The molecule has 0 aliphatic heterocycles. The lowest BCUT2D eigenvalue weighted by atomic mass is 10.0. The van der Waals surface area contributed by atoms with Gasteiger partial charge in [0.15, 0.2) is 0 Å². The van der Waals surface area contributed by atoms with Crippen LogP contribution in [0.2, 0.25) is 0 Å². The normalized spacial score (nSPS) is 23.6. The molecule has 1 aliphatic carbocycles. The number of hydrogen-bond donors (Lipinski definition) is 2. The molecule has 17 heavy (non-hydrogen) atoms. The second-order valence-corrected chi connectivity index (χ2v) is 4.99. The summed E-state index contributed by atoms with van der Waals surface area (Å²) in [5.74, 6) is -0.155. The van der Waals surface area contributed by atoms with Crippen LogP contribution in [0.25, 0.3) is 0 Å². The molecule has 2 atom stereocenters. The third-order valence-electron chi connectivity index (χ3n) is 3.67. The van der Waals surface area contributed by atoms with Gasteiger partial charge in [-0.1, -0.05) is 13.3 Å². The molecule has 92 valence electrons. The van der Waals surface area contributed by atoms with E-state index in [9.17, 15) is 4.79 Å². The van der Waals surface area contributed by atoms with Crippen LogP contribution in [0.3, 0.4) is 0 Å². The summed E-state index contributed by atoms with van der Waals surface area (Å²) < 4.78 is 0. The van der Waals surface area contributed by atoms with Crippen molar-refractivity contribution in [2.24, 2.45) is 5.92 Å². The lowest BCUT2D eigenvalue weighted by molar-refractivity contribution is 0.0696. The van der Waals surface area contributed by atoms with Gasteiger partial charge in [-0.3, -0.25) is 0 Å². The van der Waals surface area contributed by atoms with Gasteiger partial charge in [-0.2, -0.15) is 0 Å². The number of carboxylic acids is 1. The highest BCUT2D eigenvalue weighted by atomic mass is 16.4. The van der Waals surface area contributed by atoms with E-state index in [0.29, 0.717) is 17.5 Å². The number of carbonyl (C=O) groups is 1. The Labute approximate surface area is 102 Å². The topological polar surface area (TPSA) is 49.3 Å². The summed E-state index contributed by atoms with van der Waals surface area (Å²) >= 11 is 0. The lowest BCUT2D eigenvalue weighted by Crippen LogP contribution is -2.21. The molecule has 0 saturated heterocycles. The van der Waals surface area contributed by atoms with E-state index >= 15 is 0 Å². The Bertz CT molecular complexity index is 428. The van der Waals surface area contributed by atoms with Crippen molar-refractivity contribution in [1.29, 1.82) is 0 Å². The number of anilines is 1. The molecule has 1 aromatic rings. The highest BCUT2D eigenvalue weighted by Gasteiger charge is 2.23. The highest BCUT2D eigenvalue weighted by Crippen LogP contribution is 2.28. The summed E-state index contributed by atoms with van der Waals surface area (Å²) in [6, 6.07) is 6.00. The van der Waals surface area contributed by atoms with E-state index in [1.165, 1.54) is 19.3 Å². The second-order valence-electron chi connectivity index (χ2n) is 4.99. The van der Waals surface area contributed by atoms with E-state index in [0.717, 1.165) is 11.3 Å². The predicted octanol–water partition coefficient (Wildman–Crippen LogP) is 3.29. The van der Waals surface area contributed by atoms with Crippen molar-refractivity contribution in [3.63, 3.8) is 0 Å². The van der Waals surface area contributed by atoms with E-state index in [1.807, 2.05) is 19.1 Å². The summed E-state index contributed by atoms with van der Waals surface area (Å²) in [6.45, 7) is 4.11. The first-order valence-electron chi connectivity index (χ1n) is 6.18. The standard InChI is InChI=1S/C14H19NO2/c1-9-4-3-5-13(9)15-11-6-7-12(14(16)17)10(2)8-11/h6-9,13,15H,3-5H2,1-2H3,(H,16,17). The van der Waals surface area contributed by atoms with Gasteiger partial charge in [0.2, 0.25) is 0 Å². The highest BCUT2D eigenvalue weighted by molar-refractivity contribution is 5.89. The lowest BCUT2D eigenvalue weighted by Gasteiger charge is -2.19. The smallest absolute Gasteiger partial charge is 0.335 e. The number of benzene rings is 1. The molecule has 3 nitrogen and oxygen atoms in total. The van der Waals surface area contributed by atoms with E-state index in [4.69, 9.17) is 5.11 Å². The fourth-order valence-corrected chi connectivity index (χ4v) is 2.57. The summed E-state index contributed by atoms with van der Waals surface area (Å²) in [4.78, 5) is 10.9. The Morgan fingerprint density at radius 1 is 1.41 bits per heavy atom. The van der Waals surface area contributed by atoms with Crippen LogP contribution in [0.15, 0.2) is 18.2 Å².